The molecule has 1 aromatic heterocycles. The van der Waals surface area contributed by atoms with Gasteiger partial charge in [-0.15, -0.1) is 4.91 Å². The van der Waals surface area contributed by atoms with Crippen LogP contribution in [0.15, 0.2) is 46.2 Å². The summed E-state index contributed by atoms with van der Waals surface area (Å²) in [5.74, 6) is 0. The van der Waals surface area contributed by atoms with Crippen molar-refractivity contribution < 1.29 is 0 Å². The van der Waals surface area contributed by atoms with E-state index in [1.54, 1.807) is 0 Å². The van der Waals surface area contributed by atoms with Gasteiger partial charge in [0.1, 0.15) is 0 Å². The molecule has 1 N–H and O–H groups in total. The third kappa shape index (κ3) is 2.86. The number of nitrogens with zero attached hydrogens (tertiary/aromatic N) is 2. The van der Waals surface area contributed by atoms with Gasteiger partial charge in [0.15, 0.2) is 10.8 Å². The van der Waals surface area contributed by atoms with E-state index in [1.165, 1.54) is 6.20 Å². The number of nitroso groups, excluding NO2 is 1. The topological polar surface area (TPSA) is 54.4 Å². The van der Waals surface area contributed by atoms with Crippen molar-refractivity contribution in [1.82, 2.24) is 4.98 Å². The van der Waals surface area contributed by atoms with E-state index in [9.17, 15) is 4.91 Å². The standard InChI is InChI=1S/C12H9BrClN3O/c13-9-7-16-12(14)11(17-18)10(9)15-6-8-4-2-1-3-5-8/h1-5,7H,6H2,(H,15,16). The molecule has 2 aromatic rings. The van der Waals surface area contributed by atoms with Gasteiger partial charge in [-0.1, -0.05) is 41.9 Å². The van der Waals surface area contributed by atoms with Gasteiger partial charge in [-0.05, 0) is 26.7 Å². The van der Waals surface area contributed by atoms with Crippen LogP contribution in [0.3, 0.4) is 0 Å². The number of nitrogens with one attached hydrogen (secondary N) is 1. The lowest BCUT2D eigenvalue weighted by Gasteiger charge is -2.10. The van der Waals surface area contributed by atoms with Crippen LogP contribution in [-0.4, -0.2) is 4.98 Å². The fraction of sp³-hybridized carbons (Fsp3) is 0.0833. The van der Waals surface area contributed by atoms with Crippen molar-refractivity contribution in [3.8, 4) is 0 Å². The molecule has 92 valence electrons. The van der Waals surface area contributed by atoms with Crippen molar-refractivity contribution in [3.63, 3.8) is 0 Å². The average Bonchev–Trinajstić information content (AvgIpc) is 2.41. The molecular weight excluding hydrogens is 318 g/mol. The number of anilines is 1. The molecule has 0 amide bonds. The van der Waals surface area contributed by atoms with Gasteiger partial charge in [-0.2, -0.15) is 0 Å². The lowest BCUT2D eigenvalue weighted by molar-refractivity contribution is 1.13. The summed E-state index contributed by atoms with van der Waals surface area (Å²) in [4.78, 5) is 14.6. The Balaban J connectivity index is 2.24. The van der Waals surface area contributed by atoms with E-state index in [4.69, 9.17) is 11.6 Å². The molecule has 0 fully saturated rings. The third-order valence-corrected chi connectivity index (χ3v) is 3.24. The van der Waals surface area contributed by atoms with Crippen molar-refractivity contribution in [2.75, 3.05) is 5.32 Å². The lowest BCUT2D eigenvalue weighted by atomic mass is 10.2. The minimum absolute atomic E-state index is 0.0868. The molecular formula is C12H9BrClN3O. The molecule has 1 aromatic carbocycles. The zero-order valence-corrected chi connectivity index (χ0v) is 11.6. The number of hydrogen-bond donors (Lipinski definition) is 1. The molecule has 4 nitrogen and oxygen atoms in total. The highest BCUT2D eigenvalue weighted by molar-refractivity contribution is 9.10. The molecule has 0 saturated carbocycles. The molecule has 0 atom stereocenters. The average molecular weight is 327 g/mol. The molecule has 0 spiro atoms. The monoisotopic (exact) mass is 325 g/mol. The van der Waals surface area contributed by atoms with E-state index >= 15 is 0 Å². The first-order valence-corrected chi connectivity index (χ1v) is 6.34. The zero-order chi connectivity index (χ0) is 13.0. The Morgan fingerprint density at radius 1 is 1.33 bits per heavy atom. The fourth-order valence-corrected chi connectivity index (χ4v) is 2.10. The van der Waals surface area contributed by atoms with Gasteiger partial charge in [0.2, 0.25) is 0 Å². The largest absolute Gasteiger partial charge is 0.378 e. The second-order valence-corrected chi connectivity index (χ2v) is 4.76. The summed E-state index contributed by atoms with van der Waals surface area (Å²) in [5, 5.41) is 6.12. The van der Waals surface area contributed by atoms with Crippen LogP contribution in [0.1, 0.15) is 5.56 Å². The Hall–Kier alpha value is -1.46. The Bertz CT molecular complexity index is 563. The minimum atomic E-state index is 0.0868. The first-order chi connectivity index (χ1) is 8.72. The third-order valence-electron chi connectivity index (χ3n) is 2.37. The van der Waals surface area contributed by atoms with Crippen molar-refractivity contribution in [1.29, 1.82) is 0 Å². The van der Waals surface area contributed by atoms with Gasteiger partial charge in [0.05, 0.1) is 10.2 Å². The van der Waals surface area contributed by atoms with Gasteiger partial charge < -0.3 is 5.32 Å². The fourth-order valence-electron chi connectivity index (χ4n) is 1.49. The summed E-state index contributed by atoms with van der Waals surface area (Å²) in [6, 6.07) is 9.81. The molecule has 0 bridgehead atoms. The molecule has 0 radical (unpaired) electrons. The number of rotatable bonds is 4. The number of benzene rings is 1. The van der Waals surface area contributed by atoms with Gasteiger partial charge >= 0.3 is 0 Å². The second-order valence-electron chi connectivity index (χ2n) is 3.55. The summed E-state index contributed by atoms with van der Waals surface area (Å²) >= 11 is 9.13. The van der Waals surface area contributed by atoms with Crippen LogP contribution in [-0.2, 0) is 6.54 Å². The van der Waals surface area contributed by atoms with E-state index in [2.05, 4.69) is 31.4 Å². The number of hydrogen-bond acceptors (Lipinski definition) is 4. The Morgan fingerprint density at radius 3 is 2.72 bits per heavy atom. The summed E-state index contributed by atoms with van der Waals surface area (Å²) in [6.07, 6.45) is 1.53. The Labute approximate surface area is 117 Å². The SMILES string of the molecule is O=Nc1c(Cl)ncc(Br)c1NCc1ccccc1. The van der Waals surface area contributed by atoms with Gasteiger partial charge in [-0.3, -0.25) is 0 Å². The number of pyridine rings is 1. The molecule has 0 aliphatic carbocycles. The zero-order valence-electron chi connectivity index (χ0n) is 9.23. The Morgan fingerprint density at radius 2 is 2.06 bits per heavy atom. The molecule has 6 heteroatoms. The number of halogens is 2. The predicted octanol–water partition coefficient (Wildman–Crippen LogP) is 4.51. The van der Waals surface area contributed by atoms with Crippen LogP contribution >= 0.6 is 27.5 Å². The molecule has 0 aliphatic heterocycles. The van der Waals surface area contributed by atoms with Crippen molar-refractivity contribution in [2.45, 2.75) is 6.54 Å². The summed E-state index contributed by atoms with van der Waals surface area (Å²) in [5.41, 5.74) is 1.75. The minimum Gasteiger partial charge on any atom is -0.378 e. The van der Waals surface area contributed by atoms with E-state index in [0.717, 1.165) is 5.56 Å². The van der Waals surface area contributed by atoms with Gasteiger partial charge in [0, 0.05) is 12.7 Å². The lowest BCUT2D eigenvalue weighted by Crippen LogP contribution is -2.01. The van der Waals surface area contributed by atoms with Crippen molar-refractivity contribution in [3.05, 3.63) is 56.6 Å². The maximum atomic E-state index is 10.8. The maximum Gasteiger partial charge on any atom is 0.169 e. The normalized spacial score (nSPS) is 10.1. The van der Waals surface area contributed by atoms with Crippen molar-refractivity contribution >= 4 is 38.9 Å². The molecule has 1 heterocycles. The van der Waals surface area contributed by atoms with Crippen molar-refractivity contribution in [2.24, 2.45) is 5.18 Å². The van der Waals surface area contributed by atoms with Gasteiger partial charge in [0.25, 0.3) is 0 Å². The van der Waals surface area contributed by atoms with Crippen LogP contribution in [0, 0.1) is 4.91 Å². The maximum absolute atomic E-state index is 10.8. The molecule has 0 aliphatic rings. The smallest absolute Gasteiger partial charge is 0.169 e. The van der Waals surface area contributed by atoms with Crippen LogP contribution in [0.5, 0.6) is 0 Å². The first-order valence-electron chi connectivity index (χ1n) is 5.17. The van der Waals surface area contributed by atoms with E-state index in [-0.39, 0.29) is 10.8 Å². The van der Waals surface area contributed by atoms with E-state index < -0.39 is 0 Å². The van der Waals surface area contributed by atoms with Gasteiger partial charge in [-0.25, -0.2) is 4.98 Å². The second kappa shape index (κ2) is 5.93. The highest BCUT2D eigenvalue weighted by Crippen LogP contribution is 2.37. The number of aromatic nitrogens is 1. The highest BCUT2D eigenvalue weighted by Gasteiger charge is 2.12. The van der Waals surface area contributed by atoms with Crippen LogP contribution < -0.4 is 5.32 Å². The summed E-state index contributed by atoms with van der Waals surface area (Å²) in [7, 11) is 0. The molecule has 18 heavy (non-hydrogen) atoms. The van der Waals surface area contributed by atoms with E-state index in [0.29, 0.717) is 16.7 Å². The first kappa shape index (κ1) is 13.0. The van der Waals surface area contributed by atoms with Crippen LogP contribution in [0.2, 0.25) is 5.15 Å². The van der Waals surface area contributed by atoms with Crippen LogP contribution in [0.25, 0.3) is 0 Å². The molecule has 0 unspecified atom stereocenters. The summed E-state index contributed by atoms with van der Waals surface area (Å²) < 4.78 is 0.650. The molecule has 2 rings (SSSR count). The van der Waals surface area contributed by atoms with Crippen LogP contribution in [0.4, 0.5) is 11.4 Å². The Kier molecular flexibility index (Phi) is 4.28. The highest BCUT2D eigenvalue weighted by atomic mass is 79.9. The summed E-state index contributed by atoms with van der Waals surface area (Å²) in [6.45, 7) is 0.572. The quantitative estimate of drug-likeness (QED) is 0.664. The van der Waals surface area contributed by atoms with E-state index in [1.807, 2.05) is 30.3 Å². The predicted molar refractivity (Wildman–Crippen MR) is 76.2 cm³/mol. The molecule has 0 saturated heterocycles.